The Labute approximate surface area is 162 Å². The molecule has 146 valence electrons. The molecule has 27 heavy (non-hydrogen) atoms. The Morgan fingerprint density at radius 3 is 1.96 bits per heavy atom. The lowest BCUT2D eigenvalue weighted by molar-refractivity contribution is -0.136. The predicted octanol–water partition coefficient (Wildman–Crippen LogP) is 4.90. The summed E-state index contributed by atoms with van der Waals surface area (Å²) in [6, 6.07) is 16.1. The lowest BCUT2D eigenvalue weighted by atomic mass is 9.81. The molecular weight excluding hydrogens is 338 g/mol. The number of benzene rings is 2. The highest BCUT2D eigenvalue weighted by Crippen LogP contribution is 2.28. The lowest BCUT2D eigenvalue weighted by Gasteiger charge is -2.32. The Morgan fingerprint density at radius 2 is 1.48 bits per heavy atom. The third-order valence-corrected chi connectivity index (χ3v) is 4.33. The SMILES string of the molecule is CC(C)(N)CC(C)(C)COc1ccc(-c2ccc(CCC(=O)O)cc2)cc1. The summed E-state index contributed by atoms with van der Waals surface area (Å²) < 4.78 is 5.97. The fourth-order valence-corrected chi connectivity index (χ4v) is 3.42. The number of nitrogens with two attached hydrogens (primary N) is 1. The summed E-state index contributed by atoms with van der Waals surface area (Å²) in [6.07, 6.45) is 1.59. The maximum atomic E-state index is 10.7. The summed E-state index contributed by atoms with van der Waals surface area (Å²) in [6.45, 7) is 9.03. The quantitative estimate of drug-likeness (QED) is 0.659. The van der Waals surface area contributed by atoms with Crippen LogP contribution in [0.15, 0.2) is 48.5 Å². The average Bonchev–Trinajstić information content (AvgIpc) is 2.57. The predicted molar refractivity (Wildman–Crippen MR) is 110 cm³/mol. The molecule has 0 amide bonds. The van der Waals surface area contributed by atoms with Crippen molar-refractivity contribution in [2.24, 2.45) is 11.1 Å². The van der Waals surface area contributed by atoms with Gasteiger partial charge in [-0.25, -0.2) is 0 Å². The van der Waals surface area contributed by atoms with Crippen molar-refractivity contribution < 1.29 is 14.6 Å². The molecule has 0 bridgehead atoms. The van der Waals surface area contributed by atoms with Gasteiger partial charge in [0.25, 0.3) is 0 Å². The van der Waals surface area contributed by atoms with Crippen LogP contribution in [0.25, 0.3) is 11.1 Å². The zero-order valence-electron chi connectivity index (χ0n) is 16.8. The second-order valence-corrected chi connectivity index (χ2v) is 8.73. The van der Waals surface area contributed by atoms with Gasteiger partial charge < -0.3 is 15.6 Å². The molecule has 0 spiro atoms. The van der Waals surface area contributed by atoms with Gasteiger partial charge in [-0.1, -0.05) is 50.2 Å². The van der Waals surface area contributed by atoms with Crippen molar-refractivity contribution >= 4 is 5.97 Å². The maximum Gasteiger partial charge on any atom is 0.303 e. The highest BCUT2D eigenvalue weighted by atomic mass is 16.5. The minimum Gasteiger partial charge on any atom is -0.493 e. The zero-order valence-corrected chi connectivity index (χ0v) is 16.8. The van der Waals surface area contributed by atoms with E-state index in [1.54, 1.807) is 0 Å². The van der Waals surface area contributed by atoms with E-state index >= 15 is 0 Å². The van der Waals surface area contributed by atoms with Crippen LogP contribution in [-0.2, 0) is 11.2 Å². The first-order chi connectivity index (χ1) is 12.5. The monoisotopic (exact) mass is 369 g/mol. The van der Waals surface area contributed by atoms with Crippen LogP contribution in [0.1, 0.15) is 46.1 Å². The average molecular weight is 370 g/mol. The van der Waals surface area contributed by atoms with Crippen molar-refractivity contribution in [3.8, 4) is 16.9 Å². The van der Waals surface area contributed by atoms with Crippen molar-refractivity contribution in [2.45, 2.75) is 52.5 Å². The van der Waals surface area contributed by atoms with Gasteiger partial charge in [-0.2, -0.15) is 0 Å². The molecule has 2 rings (SSSR count). The number of aliphatic carboxylic acids is 1. The molecule has 0 unspecified atom stereocenters. The van der Waals surface area contributed by atoms with Crippen LogP contribution in [0.2, 0.25) is 0 Å². The third kappa shape index (κ3) is 7.43. The van der Waals surface area contributed by atoms with E-state index in [-0.39, 0.29) is 17.4 Å². The fraction of sp³-hybridized carbons (Fsp3) is 0.435. The van der Waals surface area contributed by atoms with E-state index in [2.05, 4.69) is 13.8 Å². The molecule has 0 aliphatic rings. The van der Waals surface area contributed by atoms with Crippen LogP contribution in [-0.4, -0.2) is 23.2 Å². The molecule has 2 aromatic rings. The van der Waals surface area contributed by atoms with Gasteiger partial charge in [0.1, 0.15) is 5.75 Å². The van der Waals surface area contributed by atoms with E-state index in [4.69, 9.17) is 15.6 Å². The molecule has 3 N–H and O–H groups in total. The van der Waals surface area contributed by atoms with Crippen molar-refractivity contribution in [3.05, 3.63) is 54.1 Å². The summed E-state index contributed by atoms with van der Waals surface area (Å²) >= 11 is 0. The van der Waals surface area contributed by atoms with Crippen molar-refractivity contribution in [2.75, 3.05) is 6.61 Å². The first-order valence-corrected chi connectivity index (χ1v) is 9.37. The molecule has 0 radical (unpaired) electrons. The summed E-state index contributed by atoms with van der Waals surface area (Å²) in [4.78, 5) is 10.7. The molecule has 0 saturated carbocycles. The van der Waals surface area contributed by atoms with Gasteiger partial charge in [0.05, 0.1) is 6.61 Å². The Hall–Kier alpha value is -2.33. The van der Waals surface area contributed by atoms with Crippen LogP contribution >= 0.6 is 0 Å². The normalized spacial score (nSPS) is 12.0. The highest BCUT2D eigenvalue weighted by molar-refractivity contribution is 5.67. The second kappa shape index (κ2) is 8.57. The van der Waals surface area contributed by atoms with Gasteiger partial charge >= 0.3 is 5.97 Å². The first-order valence-electron chi connectivity index (χ1n) is 9.37. The van der Waals surface area contributed by atoms with Gasteiger partial charge in [0.2, 0.25) is 0 Å². The van der Waals surface area contributed by atoms with Crippen LogP contribution in [0, 0.1) is 5.41 Å². The summed E-state index contributed by atoms with van der Waals surface area (Å²) in [5, 5.41) is 8.76. The molecule has 0 fully saturated rings. The molecular formula is C23H31NO3. The van der Waals surface area contributed by atoms with Gasteiger partial charge in [0, 0.05) is 17.4 Å². The molecule has 0 heterocycles. The number of carboxylic acids is 1. The van der Waals surface area contributed by atoms with E-state index in [1.807, 2.05) is 62.4 Å². The molecule has 2 aromatic carbocycles. The van der Waals surface area contributed by atoms with Crippen LogP contribution in [0.5, 0.6) is 5.75 Å². The van der Waals surface area contributed by atoms with Crippen LogP contribution < -0.4 is 10.5 Å². The van der Waals surface area contributed by atoms with E-state index in [0.717, 1.165) is 28.9 Å². The molecule has 0 aliphatic carbocycles. The third-order valence-electron chi connectivity index (χ3n) is 4.33. The second-order valence-electron chi connectivity index (χ2n) is 8.73. The van der Waals surface area contributed by atoms with Crippen LogP contribution in [0.4, 0.5) is 0 Å². The first kappa shape index (κ1) is 21.0. The molecule has 4 nitrogen and oxygen atoms in total. The van der Waals surface area contributed by atoms with Crippen molar-refractivity contribution in [3.63, 3.8) is 0 Å². The van der Waals surface area contributed by atoms with Crippen molar-refractivity contribution in [1.29, 1.82) is 0 Å². The number of ether oxygens (including phenoxy) is 1. The number of hydrogen-bond donors (Lipinski definition) is 2. The van der Waals surface area contributed by atoms with E-state index in [0.29, 0.717) is 13.0 Å². The molecule has 0 aromatic heterocycles. The maximum absolute atomic E-state index is 10.7. The lowest BCUT2D eigenvalue weighted by Crippen LogP contribution is -2.39. The van der Waals surface area contributed by atoms with Gasteiger partial charge in [-0.05, 0) is 55.5 Å². The number of carboxylic acid groups (broad SMARTS) is 1. The van der Waals surface area contributed by atoms with E-state index < -0.39 is 5.97 Å². The summed E-state index contributed by atoms with van der Waals surface area (Å²) in [5.41, 5.74) is 9.16. The fourth-order valence-electron chi connectivity index (χ4n) is 3.42. The van der Waals surface area contributed by atoms with Crippen molar-refractivity contribution in [1.82, 2.24) is 0 Å². The van der Waals surface area contributed by atoms with Gasteiger partial charge in [0.15, 0.2) is 0 Å². The number of carbonyl (C=O) groups is 1. The number of aryl methyl sites for hydroxylation is 1. The Bertz CT molecular complexity index is 741. The standard InChI is InChI=1S/C23H31NO3/c1-22(2,15-23(3,4)24)16-27-20-12-10-19(11-13-20)18-8-5-17(6-9-18)7-14-21(25)26/h5-6,8-13H,7,14-16,24H2,1-4H3,(H,25,26). The molecule has 0 saturated heterocycles. The molecule has 4 heteroatoms. The van der Waals surface area contributed by atoms with Crippen LogP contribution in [0.3, 0.4) is 0 Å². The Kier molecular flexibility index (Phi) is 6.66. The zero-order chi connectivity index (χ0) is 20.1. The van der Waals surface area contributed by atoms with Gasteiger partial charge in [-0.15, -0.1) is 0 Å². The minimum atomic E-state index is -0.770. The Morgan fingerprint density at radius 1 is 0.963 bits per heavy atom. The summed E-state index contributed by atoms with van der Waals surface area (Å²) in [5.74, 6) is 0.0765. The smallest absolute Gasteiger partial charge is 0.303 e. The highest BCUT2D eigenvalue weighted by Gasteiger charge is 2.26. The molecule has 0 atom stereocenters. The Balaban J connectivity index is 1.95. The minimum absolute atomic E-state index is 0.00268. The largest absolute Gasteiger partial charge is 0.493 e. The van der Waals surface area contributed by atoms with Gasteiger partial charge in [-0.3, -0.25) is 4.79 Å². The number of hydrogen-bond acceptors (Lipinski definition) is 3. The molecule has 0 aliphatic heterocycles. The number of rotatable bonds is 9. The van der Waals surface area contributed by atoms with E-state index in [9.17, 15) is 4.79 Å². The topological polar surface area (TPSA) is 72.5 Å². The summed E-state index contributed by atoms with van der Waals surface area (Å²) in [7, 11) is 0. The van der Waals surface area contributed by atoms with E-state index in [1.165, 1.54) is 0 Å².